The van der Waals surface area contributed by atoms with Crippen LogP contribution in [0.3, 0.4) is 0 Å². The minimum Gasteiger partial charge on any atom is -0.360 e. The number of allylic oxidation sites excluding steroid dienone is 1. The van der Waals surface area contributed by atoms with Gasteiger partial charge in [-0.1, -0.05) is 29.8 Å². The van der Waals surface area contributed by atoms with Gasteiger partial charge in [0.15, 0.2) is 6.54 Å². The van der Waals surface area contributed by atoms with E-state index in [-0.39, 0.29) is 5.91 Å². The zero-order chi connectivity index (χ0) is 17.5. The second-order valence-electron chi connectivity index (χ2n) is 7.41. The fourth-order valence-corrected chi connectivity index (χ4v) is 3.94. The number of carbonyl (C=O) groups excluding carboxylic acids is 1. The monoisotopic (exact) mass is 342 g/mol. The lowest BCUT2D eigenvalue weighted by atomic mass is 9.97. The van der Waals surface area contributed by atoms with E-state index in [1.54, 1.807) is 0 Å². The van der Waals surface area contributed by atoms with Crippen molar-refractivity contribution in [1.29, 1.82) is 0 Å². The SMILES string of the molecule is Cc1ccccc1N1CC[NH+](CC(=O)NCCC2=CCCCC2)CC1. The molecule has 1 fully saturated rings. The first-order valence-corrected chi connectivity index (χ1v) is 9.81. The average Bonchev–Trinajstić information content (AvgIpc) is 2.64. The van der Waals surface area contributed by atoms with Gasteiger partial charge in [-0.25, -0.2) is 0 Å². The van der Waals surface area contributed by atoms with E-state index in [2.05, 4.69) is 47.5 Å². The van der Waals surface area contributed by atoms with Crippen LogP contribution in [0.15, 0.2) is 35.9 Å². The number of carbonyl (C=O) groups is 1. The third kappa shape index (κ3) is 5.33. The van der Waals surface area contributed by atoms with Crippen molar-refractivity contribution in [1.82, 2.24) is 5.32 Å². The van der Waals surface area contributed by atoms with E-state index >= 15 is 0 Å². The van der Waals surface area contributed by atoms with Crippen molar-refractivity contribution in [2.75, 3.05) is 44.2 Å². The molecule has 136 valence electrons. The van der Waals surface area contributed by atoms with E-state index in [0.29, 0.717) is 6.54 Å². The van der Waals surface area contributed by atoms with Crippen molar-refractivity contribution < 1.29 is 9.69 Å². The molecular formula is C21H32N3O+. The lowest BCUT2D eigenvalue weighted by Crippen LogP contribution is -3.16. The number of nitrogens with zero attached hydrogens (tertiary/aromatic N) is 1. The summed E-state index contributed by atoms with van der Waals surface area (Å²) in [6, 6.07) is 8.57. The first kappa shape index (κ1) is 18.0. The first-order valence-electron chi connectivity index (χ1n) is 9.81. The van der Waals surface area contributed by atoms with E-state index in [0.717, 1.165) is 39.1 Å². The van der Waals surface area contributed by atoms with Gasteiger partial charge in [-0.2, -0.15) is 0 Å². The molecule has 1 saturated heterocycles. The second-order valence-corrected chi connectivity index (χ2v) is 7.41. The molecule has 1 aromatic carbocycles. The van der Waals surface area contributed by atoms with Gasteiger partial charge in [0, 0.05) is 12.2 Å². The molecule has 4 heteroatoms. The average molecular weight is 343 g/mol. The molecule has 1 aromatic rings. The zero-order valence-corrected chi connectivity index (χ0v) is 15.5. The van der Waals surface area contributed by atoms with Crippen molar-refractivity contribution in [3.05, 3.63) is 41.5 Å². The maximum atomic E-state index is 12.2. The number of aryl methyl sites for hydroxylation is 1. The molecular weight excluding hydrogens is 310 g/mol. The number of nitrogens with one attached hydrogen (secondary N) is 2. The normalized spacial score (nSPS) is 18.8. The molecule has 0 unspecified atom stereocenters. The van der Waals surface area contributed by atoms with Crippen LogP contribution in [0.25, 0.3) is 0 Å². The third-order valence-corrected chi connectivity index (χ3v) is 5.49. The highest BCUT2D eigenvalue weighted by molar-refractivity contribution is 5.76. The predicted octanol–water partition coefficient (Wildman–Crippen LogP) is 1.71. The molecule has 0 bridgehead atoms. The Bertz CT molecular complexity index is 603. The summed E-state index contributed by atoms with van der Waals surface area (Å²) in [4.78, 5) is 16.0. The molecule has 2 N–H and O–H groups in total. The first-order chi connectivity index (χ1) is 12.2. The number of piperazine rings is 1. The van der Waals surface area contributed by atoms with Gasteiger partial charge in [-0.15, -0.1) is 0 Å². The van der Waals surface area contributed by atoms with E-state index in [9.17, 15) is 4.79 Å². The number of hydrogen-bond acceptors (Lipinski definition) is 2. The number of quaternary nitrogens is 1. The minimum absolute atomic E-state index is 0.204. The van der Waals surface area contributed by atoms with E-state index in [4.69, 9.17) is 0 Å². The molecule has 0 saturated carbocycles. The Morgan fingerprint density at radius 1 is 1.20 bits per heavy atom. The molecule has 1 heterocycles. The number of anilines is 1. The van der Waals surface area contributed by atoms with Gasteiger partial charge in [0.25, 0.3) is 5.91 Å². The van der Waals surface area contributed by atoms with Crippen LogP contribution in [-0.2, 0) is 4.79 Å². The number of benzene rings is 1. The van der Waals surface area contributed by atoms with Crippen LogP contribution in [0.4, 0.5) is 5.69 Å². The molecule has 0 atom stereocenters. The predicted molar refractivity (Wildman–Crippen MR) is 103 cm³/mol. The molecule has 1 aliphatic heterocycles. The third-order valence-electron chi connectivity index (χ3n) is 5.49. The molecule has 1 aliphatic carbocycles. The lowest BCUT2D eigenvalue weighted by Gasteiger charge is -2.34. The molecule has 25 heavy (non-hydrogen) atoms. The second kappa shape index (κ2) is 9.04. The van der Waals surface area contributed by atoms with Gasteiger partial charge in [0.05, 0.1) is 26.2 Å². The molecule has 2 aliphatic rings. The van der Waals surface area contributed by atoms with Crippen LogP contribution in [-0.4, -0.2) is 45.2 Å². The highest BCUT2D eigenvalue weighted by atomic mass is 16.2. The quantitative estimate of drug-likeness (QED) is 0.772. The van der Waals surface area contributed by atoms with Crippen LogP contribution in [0, 0.1) is 6.92 Å². The van der Waals surface area contributed by atoms with Gasteiger partial charge in [-0.05, 0) is 50.7 Å². The maximum absolute atomic E-state index is 12.2. The Morgan fingerprint density at radius 3 is 2.72 bits per heavy atom. The van der Waals surface area contributed by atoms with Crippen LogP contribution in [0.1, 0.15) is 37.7 Å². The summed E-state index contributed by atoms with van der Waals surface area (Å²) in [6.45, 7) is 7.71. The summed E-state index contributed by atoms with van der Waals surface area (Å²) in [5.74, 6) is 0.204. The fraction of sp³-hybridized carbons (Fsp3) is 0.571. The topological polar surface area (TPSA) is 36.8 Å². The molecule has 1 amide bonds. The van der Waals surface area contributed by atoms with Crippen molar-refractivity contribution in [3.8, 4) is 0 Å². The van der Waals surface area contributed by atoms with Crippen molar-refractivity contribution in [2.24, 2.45) is 0 Å². The highest BCUT2D eigenvalue weighted by Crippen LogP contribution is 2.19. The number of amides is 1. The highest BCUT2D eigenvalue weighted by Gasteiger charge is 2.22. The van der Waals surface area contributed by atoms with Crippen LogP contribution >= 0.6 is 0 Å². The smallest absolute Gasteiger partial charge is 0.275 e. The van der Waals surface area contributed by atoms with Gasteiger partial charge in [0.1, 0.15) is 0 Å². The Balaban J connectivity index is 1.36. The summed E-state index contributed by atoms with van der Waals surface area (Å²) >= 11 is 0. The Labute approximate surface area is 151 Å². The molecule has 3 rings (SSSR count). The van der Waals surface area contributed by atoms with E-state index < -0.39 is 0 Å². The van der Waals surface area contributed by atoms with Gasteiger partial charge in [0.2, 0.25) is 0 Å². The Kier molecular flexibility index (Phi) is 6.51. The van der Waals surface area contributed by atoms with Crippen molar-refractivity contribution in [2.45, 2.75) is 39.0 Å². The van der Waals surface area contributed by atoms with E-state index in [1.165, 1.54) is 47.4 Å². The number of para-hydroxylation sites is 1. The van der Waals surface area contributed by atoms with Gasteiger partial charge in [-0.3, -0.25) is 4.79 Å². The fourth-order valence-electron chi connectivity index (χ4n) is 3.94. The Morgan fingerprint density at radius 2 is 2.00 bits per heavy atom. The summed E-state index contributed by atoms with van der Waals surface area (Å²) in [5.41, 5.74) is 4.21. The molecule has 0 radical (unpaired) electrons. The van der Waals surface area contributed by atoms with Gasteiger partial charge >= 0.3 is 0 Å². The number of hydrogen-bond donors (Lipinski definition) is 2. The summed E-state index contributed by atoms with van der Waals surface area (Å²) in [5, 5.41) is 3.12. The maximum Gasteiger partial charge on any atom is 0.275 e. The van der Waals surface area contributed by atoms with Crippen molar-refractivity contribution >= 4 is 11.6 Å². The number of rotatable bonds is 6. The largest absolute Gasteiger partial charge is 0.360 e. The van der Waals surface area contributed by atoms with E-state index in [1.807, 2.05) is 0 Å². The summed E-state index contributed by atoms with van der Waals surface area (Å²) in [7, 11) is 0. The van der Waals surface area contributed by atoms with Crippen LogP contribution in [0.5, 0.6) is 0 Å². The lowest BCUT2D eigenvalue weighted by molar-refractivity contribution is -0.892. The van der Waals surface area contributed by atoms with Crippen LogP contribution in [0.2, 0.25) is 0 Å². The van der Waals surface area contributed by atoms with Gasteiger partial charge < -0.3 is 15.1 Å². The van der Waals surface area contributed by atoms with Crippen LogP contribution < -0.4 is 15.1 Å². The standard InChI is InChI=1S/C21H31N3O/c1-18-7-5-6-10-20(18)24-15-13-23(14-16-24)17-21(25)22-12-11-19-8-3-2-4-9-19/h5-8,10H,2-4,9,11-17H2,1H3,(H,22,25)/p+1. The molecule has 0 spiro atoms. The molecule has 4 nitrogen and oxygen atoms in total. The minimum atomic E-state index is 0.204. The summed E-state index contributed by atoms with van der Waals surface area (Å²) < 4.78 is 0. The molecule has 0 aromatic heterocycles. The summed E-state index contributed by atoms with van der Waals surface area (Å²) in [6.07, 6.45) is 8.48. The van der Waals surface area contributed by atoms with Crippen molar-refractivity contribution in [3.63, 3.8) is 0 Å². The zero-order valence-electron chi connectivity index (χ0n) is 15.5. The Hall–Kier alpha value is -1.81.